The molecule has 5 heteroatoms. The Labute approximate surface area is 106 Å². The van der Waals surface area contributed by atoms with Gasteiger partial charge >= 0.3 is 0 Å². The van der Waals surface area contributed by atoms with E-state index in [1.165, 1.54) is 32.1 Å². The van der Waals surface area contributed by atoms with Crippen LogP contribution in [0, 0.1) is 5.92 Å². The molecule has 0 aromatic rings. The number of rotatable bonds is 6. The summed E-state index contributed by atoms with van der Waals surface area (Å²) < 4.78 is 21.7. The van der Waals surface area contributed by atoms with E-state index in [1.54, 1.807) is 0 Å². The fourth-order valence-electron chi connectivity index (χ4n) is 2.69. The highest BCUT2D eigenvalue weighted by Gasteiger charge is 2.22. The SMILES string of the molecule is CCC1CCC(N(C)CCCS(N)(=O)=O)CC1. The molecule has 0 spiro atoms. The topological polar surface area (TPSA) is 63.4 Å². The van der Waals surface area contributed by atoms with Crippen LogP contribution in [0.25, 0.3) is 0 Å². The van der Waals surface area contributed by atoms with Gasteiger partial charge in [-0.05, 0) is 51.6 Å². The fourth-order valence-corrected chi connectivity index (χ4v) is 3.22. The third kappa shape index (κ3) is 5.84. The second-order valence-corrected chi connectivity index (χ2v) is 7.02. The van der Waals surface area contributed by atoms with E-state index in [2.05, 4.69) is 18.9 Å². The molecule has 0 heterocycles. The Morgan fingerprint density at radius 1 is 1.24 bits per heavy atom. The molecule has 1 fully saturated rings. The Kier molecular flexibility index (Phi) is 5.89. The maximum absolute atomic E-state index is 10.8. The fraction of sp³-hybridized carbons (Fsp3) is 1.00. The Morgan fingerprint density at radius 2 is 1.82 bits per heavy atom. The van der Waals surface area contributed by atoms with E-state index in [1.807, 2.05) is 0 Å². The highest BCUT2D eigenvalue weighted by molar-refractivity contribution is 7.89. The van der Waals surface area contributed by atoms with Gasteiger partial charge in [0.1, 0.15) is 0 Å². The minimum Gasteiger partial charge on any atom is -0.303 e. The molecule has 102 valence electrons. The lowest BCUT2D eigenvalue weighted by molar-refractivity contribution is 0.164. The summed E-state index contributed by atoms with van der Waals surface area (Å²) in [5.74, 6) is 1.01. The summed E-state index contributed by atoms with van der Waals surface area (Å²) >= 11 is 0. The summed E-state index contributed by atoms with van der Waals surface area (Å²) in [4.78, 5) is 2.30. The van der Waals surface area contributed by atoms with E-state index in [9.17, 15) is 8.42 Å². The molecule has 0 amide bonds. The smallest absolute Gasteiger partial charge is 0.209 e. The molecule has 0 bridgehead atoms. The van der Waals surface area contributed by atoms with Gasteiger partial charge in [-0.3, -0.25) is 0 Å². The van der Waals surface area contributed by atoms with E-state index in [0.717, 1.165) is 12.5 Å². The zero-order valence-corrected chi connectivity index (χ0v) is 11.9. The largest absolute Gasteiger partial charge is 0.303 e. The molecule has 4 nitrogen and oxygen atoms in total. The van der Waals surface area contributed by atoms with Gasteiger partial charge in [0.15, 0.2) is 0 Å². The lowest BCUT2D eigenvalue weighted by Gasteiger charge is -2.34. The first-order valence-corrected chi connectivity index (χ1v) is 8.34. The van der Waals surface area contributed by atoms with Gasteiger partial charge in [0, 0.05) is 6.04 Å². The van der Waals surface area contributed by atoms with Gasteiger partial charge in [0.25, 0.3) is 0 Å². The Balaban J connectivity index is 2.22. The van der Waals surface area contributed by atoms with Crippen LogP contribution in [-0.4, -0.2) is 38.7 Å². The molecule has 2 N–H and O–H groups in total. The van der Waals surface area contributed by atoms with Crippen molar-refractivity contribution < 1.29 is 8.42 Å². The molecule has 0 aromatic heterocycles. The number of nitrogens with zero attached hydrogens (tertiary/aromatic N) is 1. The molecule has 1 rings (SSSR count). The van der Waals surface area contributed by atoms with Gasteiger partial charge in [-0.2, -0.15) is 0 Å². The zero-order valence-electron chi connectivity index (χ0n) is 11.1. The minimum absolute atomic E-state index is 0.0989. The van der Waals surface area contributed by atoms with Crippen LogP contribution in [0.5, 0.6) is 0 Å². The quantitative estimate of drug-likeness (QED) is 0.790. The van der Waals surface area contributed by atoms with Crippen LogP contribution in [0.4, 0.5) is 0 Å². The van der Waals surface area contributed by atoms with Crippen molar-refractivity contribution in [3.63, 3.8) is 0 Å². The third-order valence-electron chi connectivity index (χ3n) is 3.96. The number of hydrogen-bond acceptors (Lipinski definition) is 3. The average Bonchev–Trinajstić information content (AvgIpc) is 2.27. The second-order valence-electron chi connectivity index (χ2n) is 5.28. The highest BCUT2D eigenvalue weighted by atomic mass is 32.2. The summed E-state index contributed by atoms with van der Waals surface area (Å²) in [7, 11) is -1.19. The van der Waals surface area contributed by atoms with Gasteiger partial charge in [0.2, 0.25) is 10.0 Å². The molecule has 17 heavy (non-hydrogen) atoms. The van der Waals surface area contributed by atoms with Crippen LogP contribution in [0.3, 0.4) is 0 Å². The predicted octanol–water partition coefficient (Wildman–Crippen LogP) is 1.57. The van der Waals surface area contributed by atoms with E-state index < -0.39 is 10.0 Å². The molecule has 0 unspecified atom stereocenters. The summed E-state index contributed by atoms with van der Waals surface area (Å²) in [6.45, 7) is 3.10. The maximum Gasteiger partial charge on any atom is 0.209 e. The molecule has 0 aliphatic heterocycles. The summed E-state index contributed by atoms with van der Waals surface area (Å²) in [6.07, 6.45) is 7.08. The van der Waals surface area contributed by atoms with E-state index in [0.29, 0.717) is 12.5 Å². The number of primary sulfonamides is 1. The first-order chi connectivity index (χ1) is 7.92. The minimum atomic E-state index is -3.29. The van der Waals surface area contributed by atoms with Crippen molar-refractivity contribution in [2.45, 2.75) is 51.5 Å². The van der Waals surface area contributed by atoms with Crippen LogP contribution in [0.2, 0.25) is 0 Å². The molecule has 1 aliphatic rings. The van der Waals surface area contributed by atoms with Crippen LogP contribution in [0.1, 0.15) is 45.4 Å². The molecule has 1 saturated carbocycles. The van der Waals surface area contributed by atoms with Crippen molar-refractivity contribution in [2.75, 3.05) is 19.3 Å². The number of hydrogen-bond donors (Lipinski definition) is 1. The lowest BCUT2D eigenvalue weighted by atomic mass is 9.84. The Bertz CT molecular complexity index is 308. The van der Waals surface area contributed by atoms with E-state index >= 15 is 0 Å². The van der Waals surface area contributed by atoms with E-state index in [-0.39, 0.29) is 5.75 Å². The van der Waals surface area contributed by atoms with E-state index in [4.69, 9.17) is 5.14 Å². The van der Waals surface area contributed by atoms with Crippen LogP contribution in [-0.2, 0) is 10.0 Å². The summed E-state index contributed by atoms with van der Waals surface area (Å²) in [5, 5.41) is 4.99. The lowest BCUT2D eigenvalue weighted by Crippen LogP contribution is -2.36. The average molecular weight is 262 g/mol. The molecule has 0 atom stereocenters. The number of nitrogens with two attached hydrogens (primary N) is 1. The molecule has 0 radical (unpaired) electrons. The second kappa shape index (κ2) is 6.71. The molecule has 0 aromatic carbocycles. The first-order valence-electron chi connectivity index (χ1n) is 6.63. The maximum atomic E-state index is 10.8. The van der Waals surface area contributed by atoms with Gasteiger partial charge in [-0.1, -0.05) is 13.3 Å². The zero-order chi connectivity index (χ0) is 12.9. The molecule has 1 aliphatic carbocycles. The van der Waals surface area contributed by atoms with Gasteiger partial charge in [-0.15, -0.1) is 0 Å². The highest BCUT2D eigenvalue weighted by Crippen LogP contribution is 2.28. The third-order valence-corrected chi connectivity index (χ3v) is 4.81. The van der Waals surface area contributed by atoms with Crippen LogP contribution < -0.4 is 5.14 Å². The standard InChI is InChI=1S/C12H26N2O2S/c1-3-11-5-7-12(8-6-11)14(2)9-4-10-17(13,15)16/h11-12H,3-10H2,1-2H3,(H2,13,15,16). The molecular formula is C12H26N2O2S. The summed E-state index contributed by atoms with van der Waals surface area (Å²) in [5.41, 5.74) is 0. The molecule has 0 saturated heterocycles. The van der Waals surface area contributed by atoms with Crippen molar-refractivity contribution >= 4 is 10.0 Å². The predicted molar refractivity (Wildman–Crippen MR) is 71.3 cm³/mol. The normalized spacial score (nSPS) is 26.4. The first kappa shape index (κ1) is 14.9. The van der Waals surface area contributed by atoms with Crippen LogP contribution in [0.15, 0.2) is 0 Å². The van der Waals surface area contributed by atoms with Gasteiger partial charge < -0.3 is 4.90 Å². The monoisotopic (exact) mass is 262 g/mol. The van der Waals surface area contributed by atoms with Crippen LogP contribution >= 0.6 is 0 Å². The van der Waals surface area contributed by atoms with Gasteiger partial charge in [0.05, 0.1) is 5.75 Å². The summed E-state index contributed by atoms with van der Waals surface area (Å²) in [6, 6.07) is 0.637. The Hall–Kier alpha value is -0.130. The van der Waals surface area contributed by atoms with Crippen molar-refractivity contribution in [1.82, 2.24) is 4.90 Å². The van der Waals surface area contributed by atoms with Crippen molar-refractivity contribution in [3.05, 3.63) is 0 Å². The van der Waals surface area contributed by atoms with Crippen molar-refractivity contribution in [3.8, 4) is 0 Å². The van der Waals surface area contributed by atoms with Crippen molar-refractivity contribution in [1.29, 1.82) is 0 Å². The van der Waals surface area contributed by atoms with Crippen molar-refractivity contribution in [2.24, 2.45) is 11.1 Å². The molecular weight excluding hydrogens is 236 g/mol. The van der Waals surface area contributed by atoms with Gasteiger partial charge in [-0.25, -0.2) is 13.6 Å². The Morgan fingerprint density at radius 3 is 2.29 bits per heavy atom. The number of sulfonamides is 1.